The van der Waals surface area contributed by atoms with Crippen molar-refractivity contribution >= 4 is 28.2 Å². The lowest BCUT2D eigenvalue weighted by molar-refractivity contribution is -0.136. The van der Waals surface area contributed by atoms with Crippen LogP contribution in [0.4, 0.5) is 5.13 Å². The van der Waals surface area contributed by atoms with Crippen molar-refractivity contribution in [3.63, 3.8) is 0 Å². The minimum Gasteiger partial charge on any atom is -0.302 e. The number of nitrogens with zero attached hydrogens (tertiary/aromatic N) is 1. The van der Waals surface area contributed by atoms with Gasteiger partial charge in [-0.1, -0.05) is 6.42 Å². The van der Waals surface area contributed by atoms with Crippen molar-refractivity contribution in [3.8, 4) is 0 Å². The lowest BCUT2D eigenvalue weighted by Crippen LogP contribution is -2.40. The van der Waals surface area contributed by atoms with E-state index in [1.807, 2.05) is 12.3 Å². The van der Waals surface area contributed by atoms with E-state index in [2.05, 4.69) is 10.3 Å². The lowest BCUT2D eigenvalue weighted by Gasteiger charge is -2.36. The second kappa shape index (κ2) is 5.04. The minimum atomic E-state index is -0.0165. The Morgan fingerprint density at radius 2 is 2.05 bits per heavy atom. The number of nitrogens with one attached hydrogen (secondary N) is 1. The molecule has 0 spiro atoms. The molecule has 2 bridgehead atoms. The molecule has 0 saturated heterocycles. The number of rotatable bonds is 2. The molecule has 0 aromatic carbocycles. The Bertz CT molecular complexity index is 495. The van der Waals surface area contributed by atoms with Gasteiger partial charge in [-0.15, -0.1) is 11.3 Å². The smallest absolute Gasteiger partial charge is 0.229 e. The molecule has 1 aromatic rings. The first-order chi connectivity index (χ1) is 9.13. The van der Waals surface area contributed by atoms with Gasteiger partial charge in [-0.3, -0.25) is 9.59 Å². The molecule has 102 valence electrons. The molecule has 1 aromatic heterocycles. The van der Waals surface area contributed by atoms with Crippen LogP contribution in [0.3, 0.4) is 0 Å². The summed E-state index contributed by atoms with van der Waals surface area (Å²) in [5.74, 6) is 0.680. The topological polar surface area (TPSA) is 59.1 Å². The van der Waals surface area contributed by atoms with Gasteiger partial charge in [0.25, 0.3) is 0 Å². The summed E-state index contributed by atoms with van der Waals surface area (Å²) in [6.07, 6.45) is 4.53. The Morgan fingerprint density at radius 3 is 2.63 bits per heavy atom. The number of anilines is 1. The number of aromatic nitrogens is 1. The SMILES string of the molecule is Cc1csc(NC(=O)C2CC3CCCC(C2)C3=O)n1. The van der Waals surface area contributed by atoms with Crippen molar-refractivity contribution in [1.29, 1.82) is 0 Å². The van der Waals surface area contributed by atoms with Crippen molar-refractivity contribution in [3.05, 3.63) is 11.1 Å². The van der Waals surface area contributed by atoms with E-state index in [1.54, 1.807) is 0 Å². The Morgan fingerprint density at radius 1 is 1.37 bits per heavy atom. The van der Waals surface area contributed by atoms with Gasteiger partial charge in [0.15, 0.2) is 5.13 Å². The van der Waals surface area contributed by atoms with Gasteiger partial charge < -0.3 is 5.32 Å². The predicted octanol–water partition coefficient (Wildman–Crippen LogP) is 2.79. The summed E-state index contributed by atoms with van der Waals surface area (Å²) in [5.41, 5.74) is 0.927. The highest BCUT2D eigenvalue weighted by Crippen LogP contribution is 2.40. The molecule has 4 nitrogen and oxygen atoms in total. The van der Waals surface area contributed by atoms with Crippen molar-refractivity contribution < 1.29 is 9.59 Å². The normalized spacial score (nSPS) is 30.2. The molecular weight excluding hydrogens is 260 g/mol. The van der Waals surface area contributed by atoms with E-state index in [1.165, 1.54) is 11.3 Å². The predicted molar refractivity (Wildman–Crippen MR) is 74.0 cm³/mol. The van der Waals surface area contributed by atoms with Crippen LogP contribution in [-0.4, -0.2) is 16.7 Å². The summed E-state index contributed by atoms with van der Waals surface area (Å²) in [7, 11) is 0. The van der Waals surface area contributed by atoms with E-state index >= 15 is 0 Å². The molecule has 0 radical (unpaired) electrons. The third-order valence-corrected chi connectivity index (χ3v) is 5.14. The minimum absolute atomic E-state index is 0.0165. The first-order valence-electron chi connectivity index (χ1n) is 6.90. The number of hydrogen-bond donors (Lipinski definition) is 1. The number of hydrogen-bond acceptors (Lipinski definition) is 4. The number of ketones is 1. The first kappa shape index (κ1) is 12.8. The van der Waals surface area contributed by atoms with E-state index in [0.29, 0.717) is 10.9 Å². The third kappa shape index (κ3) is 2.56. The molecular formula is C14H18N2O2S. The molecule has 3 rings (SSSR count). The molecule has 1 heterocycles. The molecule has 1 N–H and O–H groups in total. The number of Topliss-reactive ketones (excluding diaryl/α,β-unsaturated/α-hetero) is 1. The molecule has 1 amide bonds. The summed E-state index contributed by atoms with van der Waals surface area (Å²) < 4.78 is 0. The average molecular weight is 278 g/mol. The summed E-state index contributed by atoms with van der Waals surface area (Å²) in [6, 6.07) is 0. The fourth-order valence-electron chi connectivity index (χ4n) is 3.31. The van der Waals surface area contributed by atoms with Crippen molar-refractivity contribution in [2.75, 3.05) is 5.32 Å². The maximum atomic E-state index is 12.3. The largest absolute Gasteiger partial charge is 0.302 e. The van der Waals surface area contributed by atoms with Gasteiger partial charge in [0.05, 0.1) is 5.69 Å². The van der Waals surface area contributed by atoms with Crippen molar-refractivity contribution in [1.82, 2.24) is 4.98 Å². The molecule has 2 saturated carbocycles. The van der Waals surface area contributed by atoms with Crippen LogP contribution < -0.4 is 5.32 Å². The highest BCUT2D eigenvalue weighted by Gasteiger charge is 2.41. The standard InChI is InChI=1S/C14H18N2O2S/c1-8-7-19-14(15-8)16-13(18)11-5-9-3-2-4-10(6-11)12(9)17/h7,9-11H,2-6H2,1H3,(H,15,16,18). The molecule has 2 fully saturated rings. The van der Waals surface area contributed by atoms with Crippen LogP contribution in [-0.2, 0) is 9.59 Å². The van der Waals surface area contributed by atoms with E-state index < -0.39 is 0 Å². The zero-order valence-electron chi connectivity index (χ0n) is 11.0. The van der Waals surface area contributed by atoms with Crippen LogP contribution in [0.25, 0.3) is 0 Å². The monoisotopic (exact) mass is 278 g/mol. The van der Waals surface area contributed by atoms with Crippen LogP contribution >= 0.6 is 11.3 Å². The van der Waals surface area contributed by atoms with Crippen LogP contribution in [0.1, 0.15) is 37.8 Å². The van der Waals surface area contributed by atoms with Crippen LogP contribution in [0.2, 0.25) is 0 Å². The number of amides is 1. The van der Waals surface area contributed by atoms with Gasteiger partial charge in [0, 0.05) is 23.1 Å². The molecule has 2 unspecified atom stereocenters. The summed E-state index contributed by atoms with van der Waals surface area (Å²) in [5, 5.41) is 5.49. The number of fused-ring (bicyclic) bond motifs is 2. The molecule has 5 heteroatoms. The van der Waals surface area contributed by atoms with Gasteiger partial charge >= 0.3 is 0 Å². The lowest BCUT2D eigenvalue weighted by atomic mass is 9.67. The zero-order chi connectivity index (χ0) is 13.4. The molecule has 19 heavy (non-hydrogen) atoms. The highest BCUT2D eigenvalue weighted by atomic mass is 32.1. The Labute approximate surface area is 116 Å². The van der Waals surface area contributed by atoms with Crippen molar-refractivity contribution in [2.45, 2.75) is 39.0 Å². The van der Waals surface area contributed by atoms with Gasteiger partial charge in [0.2, 0.25) is 5.91 Å². The number of thiazole rings is 1. The van der Waals surface area contributed by atoms with E-state index in [-0.39, 0.29) is 23.7 Å². The van der Waals surface area contributed by atoms with E-state index in [0.717, 1.165) is 37.8 Å². The van der Waals surface area contributed by atoms with Crippen LogP contribution in [0.5, 0.6) is 0 Å². The maximum Gasteiger partial charge on any atom is 0.229 e. The second-order valence-corrected chi connectivity index (χ2v) is 6.54. The number of carbonyl (C=O) groups is 2. The number of carbonyl (C=O) groups excluding carboxylic acids is 2. The fourth-order valence-corrected chi connectivity index (χ4v) is 4.00. The van der Waals surface area contributed by atoms with Gasteiger partial charge in [-0.2, -0.15) is 0 Å². The molecule has 2 atom stereocenters. The summed E-state index contributed by atoms with van der Waals surface area (Å²) in [4.78, 5) is 28.5. The van der Waals surface area contributed by atoms with Gasteiger partial charge in [-0.05, 0) is 32.6 Å². The Kier molecular flexibility index (Phi) is 3.39. The van der Waals surface area contributed by atoms with E-state index in [4.69, 9.17) is 0 Å². The molecule has 2 aliphatic carbocycles. The highest BCUT2D eigenvalue weighted by molar-refractivity contribution is 7.13. The average Bonchev–Trinajstić information content (AvgIpc) is 2.74. The van der Waals surface area contributed by atoms with E-state index in [9.17, 15) is 9.59 Å². The van der Waals surface area contributed by atoms with Crippen LogP contribution in [0.15, 0.2) is 5.38 Å². The van der Waals surface area contributed by atoms with Crippen molar-refractivity contribution in [2.24, 2.45) is 17.8 Å². The van der Waals surface area contributed by atoms with Gasteiger partial charge in [-0.25, -0.2) is 4.98 Å². The third-order valence-electron chi connectivity index (χ3n) is 4.27. The molecule has 0 aliphatic heterocycles. The zero-order valence-corrected chi connectivity index (χ0v) is 11.8. The summed E-state index contributed by atoms with van der Waals surface area (Å²) in [6.45, 7) is 1.91. The quantitative estimate of drug-likeness (QED) is 0.905. The second-order valence-electron chi connectivity index (χ2n) is 5.68. The van der Waals surface area contributed by atoms with Crippen LogP contribution in [0, 0.1) is 24.7 Å². The summed E-state index contributed by atoms with van der Waals surface area (Å²) >= 11 is 1.45. The fraction of sp³-hybridized carbons (Fsp3) is 0.643. The maximum absolute atomic E-state index is 12.3. The number of aryl methyl sites for hydroxylation is 1. The Hall–Kier alpha value is -1.23. The first-order valence-corrected chi connectivity index (χ1v) is 7.78. The van der Waals surface area contributed by atoms with Gasteiger partial charge in [0.1, 0.15) is 5.78 Å². The molecule has 2 aliphatic rings. The Balaban J connectivity index is 1.66.